The van der Waals surface area contributed by atoms with Crippen molar-refractivity contribution in [2.75, 3.05) is 18.0 Å². The molecule has 0 saturated heterocycles. The zero-order chi connectivity index (χ0) is 20.0. The molecule has 0 amide bonds. The Labute approximate surface area is 174 Å². The molecule has 0 radical (unpaired) electrons. The maximum Gasteiger partial charge on any atom is 0.0687 e. The standard InChI is InChI=1S/C26H44N2/c1-4-7-10-11-12-13-14-15-18-24-23-26(25-19-16-17-22-28(24)25)27(20-8-5-2)21-9-6-3/h16-17,19,22-23H,4-15,18,20-21H2,1-3H3. The molecule has 0 bridgehead atoms. The Balaban J connectivity index is 1.98. The number of hydrogen-bond acceptors (Lipinski definition) is 1. The van der Waals surface area contributed by atoms with Crippen molar-refractivity contribution in [3.63, 3.8) is 0 Å². The average molecular weight is 385 g/mol. The van der Waals surface area contributed by atoms with Gasteiger partial charge in [0.1, 0.15) is 0 Å². The minimum absolute atomic E-state index is 1.18. The lowest BCUT2D eigenvalue weighted by molar-refractivity contribution is 0.573. The maximum absolute atomic E-state index is 2.64. The van der Waals surface area contributed by atoms with Crippen LogP contribution in [0.25, 0.3) is 5.52 Å². The summed E-state index contributed by atoms with van der Waals surface area (Å²) in [6.45, 7) is 9.25. The third-order valence-electron chi connectivity index (χ3n) is 5.93. The fourth-order valence-electron chi connectivity index (χ4n) is 4.14. The number of nitrogens with zero attached hydrogens (tertiary/aromatic N) is 2. The minimum atomic E-state index is 1.18. The molecule has 0 aliphatic carbocycles. The summed E-state index contributed by atoms with van der Waals surface area (Å²) in [4.78, 5) is 2.64. The van der Waals surface area contributed by atoms with Gasteiger partial charge in [0.05, 0.1) is 11.2 Å². The van der Waals surface area contributed by atoms with Crippen LogP contribution in [0.2, 0.25) is 0 Å². The van der Waals surface area contributed by atoms with Gasteiger partial charge in [-0.1, -0.05) is 84.6 Å². The first-order valence-electron chi connectivity index (χ1n) is 12.2. The van der Waals surface area contributed by atoms with Gasteiger partial charge in [-0.2, -0.15) is 0 Å². The largest absolute Gasteiger partial charge is 0.370 e. The van der Waals surface area contributed by atoms with Crippen molar-refractivity contribution < 1.29 is 0 Å². The molecule has 0 aliphatic rings. The molecule has 0 N–H and O–H groups in total. The van der Waals surface area contributed by atoms with Crippen LogP contribution < -0.4 is 4.90 Å². The number of aromatic nitrogens is 1. The van der Waals surface area contributed by atoms with E-state index in [-0.39, 0.29) is 0 Å². The Hall–Kier alpha value is -1.44. The van der Waals surface area contributed by atoms with Crippen molar-refractivity contribution in [1.29, 1.82) is 0 Å². The lowest BCUT2D eigenvalue weighted by Gasteiger charge is -2.24. The fourth-order valence-corrected chi connectivity index (χ4v) is 4.14. The average Bonchev–Trinajstić information content (AvgIpc) is 3.09. The molecule has 158 valence electrons. The smallest absolute Gasteiger partial charge is 0.0687 e. The molecule has 2 nitrogen and oxygen atoms in total. The highest BCUT2D eigenvalue weighted by atomic mass is 15.1. The number of anilines is 1. The van der Waals surface area contributed by atoms with E-state index < -0.39 is 0 Å². The Morgan fingerprint density at radius 3 is 1.96 bits per heavy atom. The highest BCUT2D eigenvalue weighted by molar-refractivity contribution is 5.75. The molecule has 0 fully saturated rings. The van der Waals surface area contributed by atoms with Gasteiger partial charge < -0.3 is 9.30 Å². The van der Waals surface area contributed by atoms with Gasteiger partial charge in [-0.25, -0.2) is 0 Å². The Bertz CT molecular complexity index is 635. The molecule has 2 heterocycles. The van der Waals surface area contributed by atoms with Gasteiger partial charge in [-0.05, 0) is 43.9 Å². The first-order chi connectivity index (χ1) is 13.8. The van der Waals surface area contributed by atoms with E-state index in [1.807, 2.05) is 0 Å². The quantitative estimate of drug-likeness (QED) is 0.266. The van der Waals surface area contributed by atoms with Crippen molar-refractivity contribution in [3.05, 3.63) is 36.2 Å². The Morgan fingerprint density at radius 2 is 1.32 bits per heavy atom. The molecular formula is C26H44N2. The highest BCUT2D eigenvalue weighted by Crippen LogP contribution is 2.28. The first kappa shape index (κ1) is 22.8. The van der Waals surface area contributed by atoms with Crippen LogP contribution in [0.15, 0.2) is 30.5 Å². The van der Waals surface area contributed by atoms with Gasteiger partial charge in [0.2, 0.25) is 0 Å². The molecule has 2 rings (SSSR count). The number of pyridine rings is 1. The van der Waals surface area contributed by atoms with Gasteiger partial charge in [0, 0.05) is 25.0 Å². The third kappa shape index (κ3) is 7.18. The predicted molar refractivity (Wildman–Crippen MR) is 126 cm³/mol. The first-order valence-corrected chi connectivity index (χ1v) is 12.2. The Kier molecular flexibility index (Phi) is 11.2. The number of fused-ring (bicyclic) bond motifs is 1. The summed E-state index contributed by atoms with van der Waals surface area (Å²) < 4.78 is 2.45. The maximum atomic E-state index is 2.64. The lowest BCUT2D eigenvalue weighted by atomic mass is 10.1. The predicted octanol–water partition coefficient (Wildman–Crippen LogP) is 8.03. The van der Waals surface area contributed by atoms with Gasteiger partial charge in [0.25, 0.3) is 0 Å². The molecule has 0 atom stereocenters. The van der Waals surface area contributed by atoms with E-state index in [0.717, 1.165) is 0 Å². The van der Waals surface area contributed by atoms with Crippen molar-refractivity contribution in [2.24, 2.45) is 0 Å². The number of rotatable bonds is 16. The topological polar surface area (TPSA) is 7.65 Å². The normalized spacial score (nSPS) is 11.4. The van der Waals surface area contributed by atoms with Crippen molar-refractivity contribution in [1.82, 2.24) is 4.40 Å². The molecule has 28 heavy (non-hydrogen) atoms. The summed E-state index contributed by atoms with van der Waals surface area (Å²) in [6, 6.07) is 9.16. The summed E-state index contributed by atoms with van der Waals surface area (Å²) in [7, 11) is 0. The third-order valence-corrected chi connectivity index (χ3v) is 5.93. The molecular weight excluding hydrogens is 340 g/mol. The summed E-state index contributed by atoms with van der Waals surface area (Å²) >= 11 is 0. The van der Waals surface area contributed by atoms with E-state index in [2.05, 4.69) is 60.5 Å². The second kappa shape index (κ2) is 13.7. The van der Waals surface area contributed by atoms with E-state index in [1.54, 1.807) is 0 Å². The zero-order valence-electron chi connectivity index (χ0n) is 18.9. The van der Waals surface area contributed by atoms with Crippen LogP contribution in [-0.2, 0) is 6.42 Å². The number of hydrogen-bond donors (Lipinski definition) is 0. The molecule has 2 heteroatoms. The summed E-state index contributed by atoms with van der Waals surface area (Å²) in [5.74, 6) is 0. The van der Waals surface area contributed by atoms with Gasteiger partial charge in [-0.3, -0.25) is 0 Å². The van der Waals surface area contributed by atoms with Crippen LogP contribution in [0.4, 0.5) is 5.69 Å². The van der Waals surface area contributed by atoms with Gasteiger partial charge in [0.15, 0.2) is 0 Å². The fraction of sp³-hybridized carbons (Fsp3) is 0.692. The van der Waals surface area contributed by atoms with E-state index in [1.165, 1.54) is 113 Å². The van der Waals surface area contributed by atoms with Crippen LogP contribution >= 0.6 is 0 Å². The van der Waals surface area contributed by atoms with Crippen molar-refractivity contribution >= 4 is 11.2 Å². The minimum Gasteiger partial charge on any atom is -0.370 e. The van der Waals surface area contributed by atoms with E-state index >= 15 is 0 Å². The van der Waals surface area contributed by atoms with Crippen molar-refractivity contribution in [2.45, 2.75) is 104 Å². The zero-order valence-corrected chi connectivity index (χ0v) is 18.9. The van der Waals surface area contributed by atoms with Crippen LogP contribution in [0.5, 0.6) is 0 Å². The van der Waals surface area contributed by atoms with E-state index in [4.69, 9.17) is 0 Å². The van der Waals surface area contributed by atoms with Crippen molar-refractivity contribution in [3.8, 4) is 0 Å². The number of unbranched alkanes of at least 4 members (excludes halogenated alkanes) is 9. The summed E-state index contributed by atoms with van der Waals surface area (Å²) in [6.07, 6.45) is 19.7. The summed E-state index contributed by atoms with van der Waals surface area (Å²) in [5, 5.41) is 0. The van der Waals surface area contributed by atoms with Gasteiger partial charge in [-0.15, -0.1) is 0 Å². The van der Waals surface area contributed by atoms with Crippen LogP contribution in [0.3, 0.4) is 0 Å². The van der Waals surface area contributed by atoms with Gasteiger partial charge >= 0.3 is 0 Å². The Morgan fingerprint density at radius 1 is 0.714 bits per heavy atom. The second-order valence-corrected chi connectivity index (χ2v) is 8.40. The summed E-state index contributed by atoms with van der Waals surface area (Å²) in [5.41, 5.74) is 4.34. The monoisotopic (exact) mass is 384 g/mol. The lowest BCUT2D eigenvalue weighted by Crippen LogP contribution is -2.25. The second-order valence-electron chi connectivity index (χ2n) is 8.40. The SMILES string of the molecule is CCCCCCCCCCc1cc(N(CCCC)CCCC)c2ccccn12. The van der Waals surface area contributed by atoms with Crippen LogP contribution in [0, 0.1) is 0 Å². The molecule has 2 aromatic heterocycles. The molecule has 0 spiro atoms. The van der Waals surface area contributed by atoms with Crippen LogP contribution in [0.1, 0.15) is 104 Å². The van der Waals surface area contributed by atoms with Crippen LogP contribution in [-0.4, -0.2) is 17.5 Å². The highest BCUT2D eigenvalue weighted by Gasteiger charge is 2.14. The van der Waals surface area contributed by atoms with E-state index in [0.29, 0.717) is 0 Å². The molecule has 0 aromatic carbocycles. The number of aryl methyl sites for hydroxylation is 1. The van der Waals surface area contributed by atoms with E-state index in [9.17, 15) is 0 Å². The molecule has 2 aromatic rings. The molecule has 0 saturated carbocycles. The molecule has 0 aliphatic heterocycles. The molecule has 0 unspecified atom stereocenters.